The van der Waals surface area contributed by atoms with Gasteiger partial charge in [-0.15, -0.1) is 0 Å². The van der Waals surface area contributed by atoms with E-state index in [4.69, 9.17) is 9.84 Å². The van der Waals surface area contributed by atoms with E-state index < -0.39 is 31.3 Å². The summed E-state index contributed by atoms with van der Waals surface area (Å²) >= 11 is 0. The van der Waals surface area contributed by atoms with Crippen molar-refractivity contribution in [3.8, 4) is 0 Å². The predicted molar refractivity (Wildman–Crippen MR) is 58.3 cm³/mol. The second-order valence-electron chi connectivity index (χ2n) is 4.80. The van der Waals surface area contributed by atoms with Crippen LogP contribution in [0, 0.1) is 0 Å². The number of carboxylic acid groups (broad SMARTS) is 1. The summed E-state index contributed by atoms with van der Waals surface area (Å²) in [6.45, 7) is 1.79. The molecular formula is C11H18F3NO3. The Kier molecular flexibility index (Phi) is 4.98. The first-order chi connectivity index (χ1) is 8.17. The van der Waals surface area contributed by atoms with Crippen LogP contribution in [0.25, 0.3) is 0 Å². The van der Waals surface area contributed by atoms with E-state index in [2.05, 4.69) is 0 Å². The SMILES string of the molecule is CC1CC(N(CC(=O)O)CC(F)(F)F)CC(C)O1. The lowest BCUT2D eigenvalue weighted by Gasteiger charge is -2.38. The van der Waals surface area contributed by atoms with Gasteiger partial charge in [-0.3, -0.25) is 9.69 Å². The maximum atomic E-state index is 12.4. The Bertz CT molecular complexity index is 286. The zero-order valence-electron chi connectivity index (χ0n) is 10.4. The van der Waals surface area contributed by atoms with Gasteiger partial charge in [0, 0.05) is 6.04 Å². The molecule has 1 saturated heterocycles. The standard InChI is InChI=1S/C11H18F3NO3/c1-7-3-9(4-8(2)18-7)15(5-10(16)17)6-11(12,13)14/h7-9H,3-6H2,1-2H3,(H,16,17). The fourth-order valence-electron chi connectivity index (χ4n) is 2.39. The molecule has 0 aromatic rings. The third kappa shape index (κ3) is 5.22. The number of carboxylic acids is 1. The first kappa shape index (κ1) is 15.2. The zero-order valence-corrected chi connectivity index (χ0v) is 10.4. The van der Waals surface area contributed by atoms with Gasteiger partial charge < -0.3 is 9.84 Å². The Morgan fingerprint density at radius 3 is 2.22 bits per heavy atom. The van der Waals surface area contributed by atoms with E-state index in [1.165, 1.54) is 0 Å². The largest absolute Gasteiger partial charge is 0.480 e. The van der Waals surface area contributed by atoms with Gasteiger partial charge in [0.15, 0.2) is 0 Å². The van der Waals surface area contributed by atoms with Crippen LogP contribution in [0.4, 0.5) is 13.2 Å². The first-order valence-corrected chi connectivity index (χ1v) is 5.85. The van der Waals surface area contributed by atoms with Crippen molar-refractivity contribution in [3.63, 3.8) is 0 Å². The van der Waals surface area contributed by atoms with Crippen LogP contribution in [0.15, 0.2) is 0 Å². The second-order valence-corrected chi connectivity index (χ2v) is 4.80. The van der Waals surface area contributed by atoms with Gasteiger partial charge in [0.2, 0.25) is 0 Å². The molecule has 0 saturated carbocycles. The maximum absolute atomic E-state index is 12.4. The van der Waals surface area contributed by atoms with Gasteiger partial charge >= 0.3 is 12.1 Å². The number of aliphatic carboxylic acids is 1. The highest BCUT2D eigenvalue weighted by Gasteiger charge is 2.37. The molecule has 0 amide bonds. The molecule has 1 rings (SSSR count). The topological polar surface area (TPSA) is 49.8 Å². The van der Waals surface area contributed by atoms with E-state index in [-0.39, 0.29) is 12.2 Å². The van der Waals surface area contributed by atoms with Crippen molar-refractivity contribution >= 4 is 5.97 Å². The van der Waals surface area contributed by atoms with E-state index in [0.29, 0.717) is 12.8 Å². The molecule has 2 atom stereocenters. The van der Waals surface area contributed by atoms with Crippen LogP contribution in [0.1, 0.15) is 26.7 Å². The molecule has 2 unspecified atom stereocenters. The monoisotopic (exact) mass is 269 g/mol. The summed E-state index contributed by atoms with van der Waals surface area (Å²) in [5, 5.41) is 8.70. The van der Waals surface area contributed by atoms with Crippen LogP contribution in [0.5, 0.6) is 0 Å². The fourth-order valence-corrected chi connectivity index (χ4v) is 2.39. The summed E-state index contributed by atoms with van der Waals surface area (Å²) in [5.41, 5.74) is 0. The molecule has 106 valence electrons. The molecule has 1 aliphatic heterocycles. The number of nitrogens with zero attached hydrogens (tertiary/aromatic N) is 1. The Morgan fingerprint density at radius 2 is 1.83 bits per heavy atom. The molecule has 1 aliphatic rings. The molecule has 0 aromatic carbocycles. The highest BCUT2D eigenvalue weighted by atomic mass is 19.4. The molecule has 7 heteroatoms. The van der Waals surface area contributed by atoms with Gasteiger partial charge in [-0.25, -0.2) is 0 Å². The van der Waals surface area contributed by atoms with E-state index >= 15 is 0 Å². The molecule has 0 radical (unpaired) electrons. The van der Waals surface area contributed by atoms with Crippen molar-refractivity contribution in [1.29, 1.82) is 0 Å². The number of alkyl halides is 3. The van der Waals surface area contributed by atoms with Crippen molar-refractivity contribution in [1.82, 2.24) is 4.90 Å². The van der Waals surface area contributed by atoms with Crippen LogP contribution >= 0.6 is 0 Å². The van der Waals surface area contributed by atoms with Crippen molar-refractivity contribution < 1.29 is 27.8 Å². The predicted octanol–water partition coefficient (Wildman–Crippen LogP) is 1.89. The minimum absolute atomic E-state index is 0.150. The third-order valence-electron chi connectivity index (χ3n) is 2.91. The van der Waals surface area contributed by atoms with E-state index in [0.717, 1.165) is 4.90 Å². The number of hydrogen-bond acceptors (Lipinski definition) is 3. The van der Waals surface area contributed by atoms with Crippen molar-refractivity contribution in [2.24, 2.45) is 0 Å². The average molecular weight is 269 g/mol. The van der Waals surface area contributed by atoms with Crippen LogP contribution in [0.3, 0.4) is 0 Å². The van der Waals surface area contributed by atoms with Crippen molar-refractivity contribution in [2.75, 3.05) is 13.1 Å². The van der Waals surface area contributed by atoms with Gasteiger partial charge in [-0.05, 0) is 26.7 Å². The highest BCUT2D eigenvalue weighted by Crippen LogP contribution is 2.26. The normalized spacial score (nSPS) is 29.6. The lowest BCUT2D eigenvalue weighted by Crippen LogP contribution is -2.49. The molecule has 1 heterocycles. The minimum atomic E-state index is -4.39. The molecule has 0 bridgehead atoms. The average Bonchev–Trinajstić information content (AvgIpc) is 2.11. The zero-order chi connectivity index (χ0) is 13.9. The summed E-state index contributed by atoms with van der Waals surface area (Å²) < 4.78 is 42.8. The molecule has 4 nitrogen and oxygen atoms in total. The Morgan fingerprint density at radius 1 is 1.33 bits per heavy atom. The van der Waals surface area contributed by atoms with E-state index in [1.54, 1.807) is 13.8 Å². The molecule has 0 aliphatic carbocycles. The van der Waals surface area contributed by atoms with Crippen LogP contribution in [-0.4, -0.2) is 53.5 Å². The number of rotatable bonds is 4. The lowest BCUT2D eigenvalue weighted by atomic mass is 9.98. The first-order valence-electron chi connectivity index (χ1n) is 5.85. The molecule has 1 fully saturated rings. The van der Waals surface area contributed by atoms with Crippen LogP contribution in [0.2, 0.25) is 0 Å². The molecule has 0 aromatic heterocycles. The molecular weight excluding hydrogens is 251 g/mol. The quantitative estimate of drug-likeness (QED) is 0.846. The lowest BCUT2D eigenvalue weighted by molar-refractivity contribution is -0.166. The molecule has 1 N–H and O–H groups in total. The van der Waals surface area contributed by atoms with Gasteiger partial charge in [-0.2, -0.15) is 13.2 Å². The van der Waals surface area contributed by atoms with E-state index in [9.17, 15) is 18.0 Å². The van der Waals surface area contributed by atoms with Crippen molar-refractivity contribution in [3.05, 3.63) is 0 Å². The number of ether oxygens (including phenoxy) is 1. The fraction of sp³-hybridized carbons (Fsp3) is 0.909. The van der Waals surface area contributed by atoms with Gasteiger partial charge in [0.05, 0.1) is 25.3 Å². The van der Waals surface area contributed by atoms with E-state index in [1.807, 2.05) is 0 Å². The third-order valence-corrected chi connectivity index (χ3v) is 2.91. The Labute approximate surface area is 104 Å². The van der Waals surface area contributed by atoms with Gasteiger partial charge in [0.1, 0.15) is 0 Å². The molecule has 18 heavy (non-hydrogen) atoms. The number of carbonyl (C=O) groups is 1. The summed E-state index contributed by atoms with van der Waals surface area (Å²) in [6.07, 6.45) is -3.84. The smallest absolute Gasteiger partial charge is 0.401 e. The highest BCUT2D eigenvalue weighted by molar-refractivity contribution is 5.69. The van der Waals surface area contributed by atoms with Crippen LogP contribution < -0.4 is 0 Å². The van der Waals surface area contributed by atoms with Gasteiger partial charge in [0.25, 0.3) is 0 Å². The van der Waals surface area contributed by atoms with Gasteiger partial charge in [-0.1, -0.05) is 0 Å². The minimum Gasteiger partial charge on any atom is -0.480 e. The van der Waals surface area contributed by atoms with Crippen molar-refractivity contribution in [2.45, 2.75) is 51.1 Å². The summed E-state index contributed by atoms with van der Waals surface area (Å²) in [5.74, 6) is -1.24. The summed E-state index contributed by atoms with van der Waals surface area (Å²) in [4.78, 5) is 11.6. The maximum Gasteiger partial charge on any atom is 0.401 e. The summed E-state index contributed by atoms with van der Waals surface area (Å²) in [6, 6.07) is -0.401. The summed E-state index contributed by atoms with van der Waals surface area (Å²) in [7, 11) is 0. The molecule has 0 spiro atoms. The number of hydrogen-bond donors (Lipinski definition) is 1. The number of halogens is 3. The Hall–Kier alpha value is -0.820. The Balaban J connectivity index is 2.71. The van der Waals surface area contributed by atoms with Crippen LogP contribution in [-0.2, 0) is 9.53 Å². The second kappa shape index (κ2) is 5.88.